The minimum atomic E-state index is 0.770. The summed E-state index contributed by atoms with van der Waals surface area (Å²) in [5, 5.41) is 0.770. The molecule has 0 aliphatic heterocycles. The van der Waals surface area contributed by atoms with Crippen molar-refractivity contribution in [1.29, 1.82) is 0 Å². The van der Waals surface area contributed by atoms with Gasteiger partial charge in [0.1, 0.15) is 0 Å². The predicted octanol–water partition coefficient (Wildman–Crippen LogP) is 2.90. The highest BCUT2D eigenvalue weighted by Crippen LogP contribution is 2.23. The molecule has 0 aliphatic carbocycles. The molecule has 0 bridgehead atoms. The summed E-state index contributed by atoms with van der Waals surface area (Å²) in [6.07, 6.45) is 3.71. The van der Waals surface area contributed by atoms with Crippen molar-refractivity contribution < 1.29 is 0 Å². The lowest BCUT2D eigenvalue weighted by Gasteiger charge is -2.02. The van der Waals surface area contributed by atoms with Crippen LogP contribution in [0, 0.1) is 10.5 Å². The van der Waals surface area contributed by atoms with E-state index < -0.39 is 0 Å². The second-order valence-electron chi connectivity index (χ2n) is 2.57. The zero-order valence-corrected chi connectivity index (χ0v) is 9.30. The van der Waals surface area contributed by atoms with Gasteiger partial charge in [-0.25, -0.2) is 4.98 Å². The highest BCUT2D eigenvalue weighted by Gasteiger charge is 2.06. The highest BCUT2D eigenvalue weighted by molar-refractivity contribution is 14.1. The molecule has 2 aromatic heterocycles. The van der Waals surface area contributed by atoms with Gasteiger partial charge in [0.05, 0.1) is 8.59 Å². The van der Waals surface area contributed by atoms with E-state index in [1.54, 1.807) is 6.20 Å². The molecule has 4 heteroatoms. The summed E-state index contributed by atoms with van der Waals surface area (Å²) >= 11 is 8.19. The zero-order valence-electron chi connectivity index (χ0n) is 6.38. The fraction of sp³-hybridized carbons (Fsp3) is 0.125. The SMILES string of the molecule is Cc1cc(Cl)c(I)c2nccn12. The van der Waals surface area contributed by atoms with Crippen LogP contribution < -0.4 is 0 Å². The van der Waals surface area contributed by atoms with Gasteiger partial charge >= 0.3 is 0 Å². The summed E-state index contributed by atoms with van der Waals surface area (Å²) in [5.74, 6) is 0. The highest BCUT2D eigenvalue weighted by atomic mass is 127. The van der Waals surface area contributed by atoms with E-state index in [1.807, 2.05) is 23.6 Å². The smallest absolute Gasteiger partial charge is 0.151 e. The molecule has 0 aromatic carbocycles. The van der Waals surface area contributed by atoms with E-state index in [0.29, 0.717) is 0 Å². The van der Waals surface area contributed by atoms with E-state index in [9.17, 15) is 0 Å². The van der Waals surface area contributed by atoms with Crippen LogP contribution in [0.4, 0.5) is 0 Å². The normalized spacial score (nSPS) is 10.9. The maximum Gasteiger partial charge on any atom is 0.151 e. The molecule has 0 amide bonds. The summed E-state index contributed by atoms with van der Waals surface area (Å²) in [6.45, 7) is 2.01. The van der Waals surface area contributed by atoms with Crippen molar-refractivity contribution in [3.8, 4) is 0 Å². The summed E-state index contributed by atoms with van der Waals surface area (Å²) in [7, 11) is 0. The van der Waals surface area contributed by atoms with Crippen molar-refractivity contribution in [3.63, 3.8) is 0 Å². The molecule has 0 atom stereocenters. The van der Waals surface area contributed by atoms with Crippen molar-refractivity contribution >= 4 is 39.8 Å². The first-order valence-electron chi connectivity index (χ1n) is 3.48. The van der Waals surface area contributed by atoms with Gasteiger partial charge in [0, 0.05) is 18.1 Å². The lowest BCUT2D eigenvalue weighted by atomic mass is 10.4. The Morgan fingerprint density at radius 3 is 3.08 bits per heavy atom. The maximum absolute atomic E-state index is 5.99. The molecule has 0 unspecified atom stereocenters. The lowest BCUT2D eigenvalue weighted by Crippen LogP contribution is -1.92. The summed E-state index contributed by atoms with van der Waals surface area (Å²) < 4.78 is 3.03. The molecule has 0 spiro atoms. The first-order chi connectivity index (χ1) is 5.70. The van der Waals surface area contributed by atoms with Crippen LogP contribution in [-0.2, 0) is 0 Å². The van der Waals surface area contributed by atoms with Gasteiger partial charge < -0.3 is 4.40 Å². The minimum absolute atomic E-state index is 0.770. The number of pyridine rings is 1. The monoisotopic (exact) mass is 292 g/mol. The van der Waals surface area contributed by atoms with Crippen molar-refractivity contribution in [2.24, 2.45) is 0 Å². The van der Waals surface area contributed by atoms with Crippen LogP contribution in [0.25, 0.3) is 5.65 Å². The molecule has 0 N–H and O–H groups in total. The van der Waals surface area contributed by atoms with Crippen molar-refractivity contribution in [1.82, 2.24) is 9.38 Å². The van der Waals surface area contributed by atoms with E-state index in [-0.39, 0.29) is 0 Å². The van der Waals surface area contributed by atoms with Crippen LogP contribution in [0.5, 0.6) is 0 Å². The Labute approximate surface area is 88.7 Å². The van der Waals surface area contributed by atoms with Crippen LogP contribution in [0.3, 0.4) is 0 Å². The number of fused-ring (bicyclic) bond motifs is 1. The number of hydrogen-bond acceptors (Lipinski definition) is 1. The molecule has 2 rings (SSSR count). The van der Waals surface area contributed by atoms with E-state index in [2.05, 4.69) is 27.6 Å². The van der Waals surface area contributed by atoms with Gasteiger partial charge in [-0.2, -0.15) is 0 Å². The average molecular weight is 293 g/mol. The van der Waals surface area contributed by atoms with E-state index in [4.69, 9.17) is 11.6 Å². The first-order valence-corrected chi connectivity index (χ1v) is 4.93. The largest absolute Gasteiger partial charge is 0.303 e. The lowest BCUT2D eigenvalue weighted by molar-refractivity contribution is 1.09. The molecule has 0 fully saturated rings. The fourth-order valence-electron chi connectivity index (χ4n) is 1.17. The summed E-state index contributed by atoms with van der Waals surface area (Å²) in [4.78, 5) is 4.21. The number of nitrogens with zero attached hydrogens (tertiary/aromatic N) is 2. The molecule has 2 aromatic rings. The molecule has 62 valence electrons. The van der Waals surface area contributed by atoms with Crippen LogP contribution in [0.2, 0.25) is 5.02 Å². The molecule has 0 saturated heterocycles. The molecule has 12 heavy (non-hydrogen) atoms. The van der Waals surface area contributed by atoms with E-state index in [1.165, 1.54) is 0 Å². The quantitative estimate of drug-likeness (QED) is 0.683. The van der Waals surface area contributed by atoms with Crippen LogP contribution >= 0.6 is 34.2 Å². The van der Waals surface area contributed by atoms with E-state index >= 15 is 0 Å². The van der Waals surface area contributed by atoms with Gasteiger partial charge in [-0.05, 0) is 35.6 Å². The third-order valence-electron chi connectivity index (χ3n) is 1.76. The van der Waals surface area contributed by atoms with Crippen molar-refractivity contribution in [2.45, 2.75) is 6.92 Å². The molecule has 2 nitrogen and oxygen atoms in total. The maximum atomic E-state index is 5.99. The Kier molecular flexibility index (Phi) is 2.00. The zero-order chi connectivity index (χ0) is 8.72. The Morgan fingerprint density at radius 2 is 2.33 bits per heavy atom. The second-order valence-corrected chi connectivity index (χ2v) is 4.05. The number of aromatic nitrogens is 2. The predicted molar refractivity (Wildman–Crippen MR) is 57.7 cm³/mol. The molecule has 0 radical (unpaired) electrons. The summed E-state index contributed by atoms with van der Waals surface area (Å²) in [6, 6.07) is 1.94. The molecule has 0 saturated carbocycles. The van der Waals surface area contributed by atoms with Gasteiger partial charge in [0.25, 0.3) is 0 Å². The minimum Gasteiger partial charge on any atom is -0.303 e. The number of rotatable bonds is 0. The first kappa shape index (κ1) is 8.31. The topological polar surface area (TPSA) is 17.3 Å². The fourth-order valence-corrected chi connectivity index (χ4v) is 1.97. The van der Waals surface area contributed by atoms with Crippen LogP contribution in [0.1, 0.15) is 5.69 Å². The number of aryl methyl sites for hydroxylation is 1. The summed E-state index contributed by atoms with van der Waals surface area (Å²) in [5.41, 5.74) is 2.04. The Bertz CT molecular complexity index is 436. The Balaban J connectivity index is 2.97. The van der Waals surface area contributed by atoms with Crippen LogP contribution in [-0.4, -0.2) is 9.38 Å². The van der Waals surface area contributed by atoms with Crippen LogP contribution in [0.15, 0.2) is 18.5 Å². The van der Waals surface area contributed by atoms with Crippen molar-refractivity contribution in [2.75, 3.05) is 0 Å². The van der Waals surface area contributed by atoms with Gasteiger partial charge in [0.2, 0.25) is 0 Å². The van der Waals surface area contributed by atoms with Crippen molar-refractivity contribution in [3.05, 3.63) is 32.7 Å². The molecule has 0 aliphatic rings. The molecular formula is C8H6ClIN2. The van der Waals surface area contributed by atoms with Gasteiger partial charge in [0.15, 0.2) is 5.65 Å². The van der Waals surface area contributed by atoms with Gasteiger partial charge in [-0.15, -0.1) is 0 Å². The number of halogens is 2. The standard InChI is InChI=1S/C8H6ClIN2/c1-5-4-6(9)7(10)8-11-2-3-12(5)8/h2-4H,1H3. The second kappa shape index (κ2) is 2.88. The molecule has 2 heterocycles. The number of imidazole rings is 1. The van der Waals surface area contributed by atoms with Gasteiger partial charge in [-0.3, -0.25) is 0 Å². The average Bonchev–Trinajstić information content (AvgIpc) is 2.48. The molecular weight excluding hydrogens is 286 g/mol. The van der Waals surface area contributed by atoms with E-state index in [0.717, 1.165) is 19.9 Å². The Hall–Kier alpha value is -0.290. The Morgan fingerprint density at radius 1 is 1.58 bits per heavy atom. The third-order valence-corrected chi connectivity index (χ3v) is 3.44. The third kappa shape index (κ3) is 1.11. The number of hydrogen-bond donors (Lipinski definition) is 0. The van der Waals surface area contributed by atoms with Gasteiger partial charge in [-0.1, -0.05) is 11.6 Å².